The second kappa shape index (κ2) is 6.39. The maximum absolute atomic E-state index is 13.9. The van der Waals surface area contributed by atoms with Crippen LogP contribution in [0.5, 0.6) is 0 Å². The molecule has 3 atom stereocenters. The van der Waals surface area contributed by atoms with E-state index in [1.807, 2.05) is 6.92 Å². The van der Waals surface area contributed by atoms with Crippen LogP contribution in [0.4, 0.5) is 13.2 Å². The first kappa shape index (κ1) is 18.7. The topological polar surface area (TPSA) is 27.7 Å². The molecule has 9 heteroatoms. The van der Waals surface area contributed by atoms with Crippen LogP contribution >= 0.6 is 18.3 Å². The largest absolute Gasteiger partial charge is 0.327 e. The van der Waals surface area contributed by atoms with Crippen LogP contribution in [-0.2, 0) is 25.4 Å². The molecule has 1 fully saturated rings. The average Bonchev–Trinajstić information content (AvgIpc) is 2.28. The van der Waals surface area contributed by atoms with Gasteiger partial charge < -0.3 is 9.05 Å². The number of hydrogen-bond donors (Lipinski definition) is 0. The minimum Gasteiger partial charge on any atom is -0.309 e. The van der Waals surface area contributed by atoms with Crippen molar-refractivity contribution in [3.05, 3.63) is 0 Å². The second-order valence-corrected chi connectivity index (χ2v) is 8.29. The van der Waals surface area contributed by atoms with Crippen molar-refractivity contribution in [3.8, 4) is 0 Å². The summed E-state index contributed by atoms with van der Waals surface area (Å²) < 4.78 is 56.2. The molecule has 1 aliphatic carbocycles. The van der Waals surface area contributed by atoms with Gasteiger partial charge in [-0.25, -0.2) is 13.2 Å². The van der Waals surface area contributed by atoms with Crippen molar-refractivity contribution < 1.29 is 26.7 Å². The van der Waals surface area contributed by atoms with E-state index in [4.69, 9.17) is 37.0 Å². The maximum Gasteiger partial charge on any atom is 0.327 e. The van der Waals surface area contributed by atoms with Crippen molar-refractivity contribution in [1.29, 1.82) is 0 Å². The van der Waals surface area contributed by atoms with Crippen molar-refractivity contribution in [2.75, 3.05) is 13.2 Å². The second-order valence-electron chi connectivity index (χ2n) is 4.83. The predicted molar refractivity (Wildman–Crippen MR) is 75.5 cm³/mol. The maximum atomic E-state index is 13.9. The fraction of sp³-hybridized carbons (Fsp3) is 1.00. The van der Waals surface area contributed by atoms with E-state index in [1.165, 1.54) is 0 Å². The molecule has 1 aliphatic rings. The van der Waals surface area contributed by atoms with Crippen LogP contribution in [0, 0.1) is 0 Å². The molecule has 0 aliphatic heterocycles. The van der Waals surface area contributed by atoms with Crippen molar-refractivity contribution in [2.45, 2.75) is 56.7 Å². The monoisotopic (exact) mass is 354 g/mol. The molecule has 0 saturated heterocycles. The van der Waals surface area contributed by atoms with E-state index in [1.54, 1.807) is 6.92 Å². The Balaban J connectivity index is 2.79. The quantitative estimate of drug-likeness (QED) is 0.356. The molecule has 0 N–H and O–H groups in total. The summed E-state index contributed by atoms with van der Waals surface area (Å²) in [6.07, 6.45) is 0.714. The summed E-state index contributed by atoms with van der Waals surface area (Å²) in [5.74, 6) is -3.65. The van der Waals surface area contributed by atoms with Gasteiger partial charge in [0.2, 0.25) is 0 Å². The molecule has 0 spiro atoms. The molecule has 0 heterocycles. The minimum absolute atomic E-state index is 0.178. The van der Waals surface area contributed by atoms with Gasteiger partial charge in [-0.2, -0.15) is 0 Å². The van der Waals surface area contributed by atoms with Gasteiger partial charge in [-0.1, -0.05) is 24.9 Å². The van der Waals surface area contributed by atoms with Gasteiger partial charge in [0.15, 0.2) is 0 Å². The minimum atomic E-state index is -3.65. The SMILES string of the molecule is CCCCOP(=S)(OCC)OC1(C)CC(F)(F)C1(F)Cl. The molecule has 0 radical (unpaired) electrons. The van der Waals surface area contributed by atoms with Crippen LogP contribution in [0.1, 0.15) is 40.0 Å². The Labute approximate surface area is 127 Å². The van der Waals surface area contributed by atoms with E-state index < -0.39 is 29.8 Å². The highest BCUT2D eigenvalue weighted by molar-refractivity contribution is 8.07. The van der Waals surface area contributed by atoms with Crippen LogP contribution < -0.4 is 0 Å². The van der Waals surface area contributed by atoms with Gasteiger partial charge in [0, 0.05) is 0 Å². The lowest BCUT2D eigenvalue weighted by Gasteiger charge is -2.53. The van der Waals surface area contributed by atoms with Crippen LogP contribution in [0.25, 0.3) is 0 Å². The van der Waals surface area contributed by atoms with Crippen LogP contribution in [-0.4, -0.2) is 29.9 Å². The first-order chi connectivity index (χ1) is 9.04. The van der Waals surface area contributed by atoms with E-state index in [0.717, 1.165) is 13.3 Å². The van der Waals surface area contributed by atoms with Crippen molar-refractivity contribution in [3.63, 3.8) is 0 Å². The zero-order valence-electron chi connectivity index (χ0n) is 11.6. The van der Waals surface area contributed by atoms with Crippen LogP contribution in [0.2, 0.25) is 0 Å². The Morgan fingerprint density at radius 2 is 1.85 bits per heavy atom. The first-order valence-corrected chi connectivity index (χ1v) is 9.32. The summed E-state index contributed by atoms with van der Waals surface area (Å²) in [5.41, 5.74) is -1.92. The van der Waals surface area contributed by atoms with Crippen molar-refractivity contribution in [2.24, 2.45) is 0 Å². The van der Waals surface area contributed by atoms with Gasteiger partial charge in [0.1, 0.15) is 5.60 Å². The Bertz CT molecular complexity index is 397. The average molecular weight is 355 g/mol. The van der Waals surface area contributed by atoms with E-state index in [2.05, 4.69) is 0 Å². The lowest BCUT2D eigenvalue weighted by molar-refractivity contribution is -0.272. The number of unbranched alkanes of at least 4 members (excludes halogenated alkanes) is 1. The van der Waals surface area contributed by atoms with E-state index in [-0.39, 0.29) is 13.2 Å². The Morgan fingerprint density at radius 3 is 2.25 bits per heavy atom. The third-order valence-electron chi connectivity index (χ3n) is 3.03. The predicted octanol–water partition coefficient (Wildman–Crippen LogP) is 4.78. The summed E-state index contributed by atoms with van der Waals surface area (Å²) in [6.45, 7) is 1.91. The molecule has 0 aromatic heterocycles. The van der Waals surface area contributed by atoms with Gasteiger partial charge in [0.05, 0.1) is 19.6 Å². The smallest absolute Gasteiger partial charge is 0.309 e. The third kappa shape index (κ3) is 3.50. The molecule has 3 nitrogen and oxygen atoms in total. The first-order valence-electron chi connectivity index (χ1n) is 6.39. The summed E-state index contributed by atoms with van der Waals surface area (Å²) >= 11 is 10.4. The highest BCUT2D eigenvalue weighted by Crippen LogP contribution is 2.67. The highest BCUT2D eigenvalue weighted by Gasteiger charge is 2.78. The number of hydrogen-bond acceptors (Lipinski definition) is 4. The molecule has 0 amide bonds. The van der Waals surface area contributed by atoms with E-state index in [9.17, 15) is 13.2 Å². The highest BCUT2D eigenvalue weighted by atomic mass is 35.5. The number of alkyl halides is 4. The molecule has 20 heavy (non-hydrogen) atoms. The van der Waals surface area contributed by atoms with Crippen LogP contribution in [0.15, 0.2) is 0 Å². The van der Waals surface area contributed by atoms with Crippen molar-refractivity contribution in [1.82, 2.24) is 0 Å². The molecule has 0 bridgehead atoms. The molecular formula is C11H19ClF3O3PS. The molecule has 1 rings (SSSR count). The van der Waals surface area contributed by atoms with E-state index in [0.29, 0.717) is 6.42 Å². The fourth-order valence-electron chi connectivity index (χ4n) is 1.83. The van der Waals surface area contributed by atoms with Gasteiger partial charge in [-0.15, -0.1) is 0 Å². The van der Waals surface area contributed by atoms with E-state index >= 15 is 0 Å². The molecule has 120 valence electrons. The van der Waals surface area contributed by atoms with Crippen molar-refractivity contribution >= 4 is 30.1 Å². The molecule has 0 aromatic rings. The molecular weight excluding hydrogens is 336 g/mol. The standard InChI is InChI=1S/C11H19ClF3O3PS/c1-4-6-7-17-19(20,16-5-2)18-9(3)8-10(13,14)11(9,12)15/h4-8H2,1-3H3. The summed E-state index contributed by atoms with van der Waals surface area (Å²) in [4.78, 5) is 0. The van der Waals surface area contributed by atoms with Gasteiger partial charge in [0.25, 0.3) is 5.13 Å². The zero-order chi connectivity index (χ0) is 15.7. The number of halogens is 4. The van der Waals surface area contributed by atoms with Gasteiger partial charge in [-0.3, -0.25) is 4.52 Å². The summed E-state index contributed by atoms with van der Waals surface area (Å²) in [6, 6.07) is 0. The molecule has 1 saturated carbocycles. The summed E-state index contributed by atoms with van der Waals surface area (Å²) in [5, 5.41) is -3.31. The van der Waals surface area contributed by atoms with Gasteiger partial charge in [-0.05, 0) is 32.1 Å². The Morgan fingerprint density at radius 1 is 1.25 bits per heavy atom. The molecule has 0 aromatic carbocycles. The van der Waals surface area contributed by atoms with Crippen LogP contribution in [0.3, 0.4) is 0 Å². The Hall–Kier alpha value is 0.610. The lowest BCUT2D eigenvalue weighted by atomic mass is 9.75. The normalized spacial score (nSPS) is 35.4. The van der Waals surface area contributed by atoms with Gasteiger partial charge >= 0.3 is 12.6 Å². The number of rotatable bonds is 8. The zero-order valence-corrected chi connectivity index (χ0v) is 14.1. The lowest BCUT2D eigenvalue weighted by Crippen LogP contribution is -2.70. The molecule has 3 unspecified atom stereocenters. The summed E-state index contributed by atoms with van der Waals surface area (Å²) in [7, 11) is 0. The third-order valence-corrected chi connectivity index (χ3v) is 6.26. The fourth-order valence-corrected chi connectivity index (χ4v) is 4.62. The Kier molecular flexibility index (Phi) is 5.96.